The number of nitrogens with zero attached hydrogens (tertiary/aromatic N) is 1. The summed E-state index contributed by atoms with van der Waals surface area (Å²) >= 11 is 6.27. The summed E-state index contributed by atoms with van der Waals surface area (Å²) in [6.45, 7) is 2.67. The van der Waals surface area contributed by atoms with E-state index in [0.29, 0.717) is 47.4 Å². The van der Waals surface area contributed by atoms with Gasteiger partial charge in [-0.2, -0.15) is 0 Å². The number of halogens is 1. The predicted octanol–water partition coefficient (Wildman–Crippen LogP) is 2.84. The van der Waals surface area contributed by atoms with Gasteiger partial charge in [-0.05, 0) is 37.0 Å². The van der Waals surface area contributed by atoms with Gasteiger partial charge in [0.15, 0.2) is 0 Å². The number of hydrogen-bond donors (Lipinski definition) is 1. The molecule has 1 aromatic carbocycles. The van der Waals surface area contributed by atoms with E-state index in [1.807, 2.05) is 6.92 Å². The van der Waals surface area contributed by atoms with E-state index in [1.165, 1.54) is 11.0 Å². The largest absolute Gasteiger partial charge is 0.461 e. The molecule has 0 radical (unpaired) electrons. The van der Waals surface area contributed by atoms with Gasteiger partial charge in [0.05, 0.1) is 5.92 Å². The molecule has 1 fully saturated rings. The third-order valence-electron chi connectivity index (χ3n) is 4.81. The lowest BCUT2D eigenvalue weighted by Gasteiger charge is -2.30. The van der Waals surface area contributed by atoms with Crippen molar-refractivity contribution in [1.82, 2.24) is 4.90 Å². The van der Waals surface area contributed by atoms with E-state index < -0.39 is 23.5 Å². The molecule has 2 amide bonds. The first-order valence-electron chi connectivity index (χ1n) is 8.85. The van der Waals surface area contributed by atoms with Crippen LogP contribution in [0.25, 0.3) is 11.0 Å². The first-order valence-corrected chi connectivity index (χ1v) is 9.23. The van der Waals surface area contributed by atoms with Crippen LogP contribution in [0.15, 0.2) is 27.4 Å². The fraction of sp³-hybridized carbons (Fsp3) is 0.421. The number of hydrogen-bond acceptors (Lipinski definition) is 5. The number of primary amides is 1. The Morgan fingerprint density at radius 3 is 2.81 bits per heavy atom. The van der Waals surface area contributed by atoms with Crippen LogP contribution in [-0.4, -0.2) is 30.0 Å². The standard InChI is InChI=1S/C19H21ClN2O5/c1-2-11-6-16-14(8-15(11)20)13(7-17(23)27-16)10-26-18(24)12-4-3-5-22(9-12)19(21)25/h6-8,12H,2-5,9-10H2,1H3,(H2,21,25)/t12-/m0/s1. The molecule has 3 rings (SSSR count). The number of urea groups is 1. The van der Waals surface area contributed by atoms with Crippen molar-refractivity contribution in [3.63, 3.8) is 0 Å². The molecule has 2 aromatic rings. The third kappa shape index (κ3) is 4.24. The zero-order chi connectivity index (χ0) is 19.6. The molecule has 0 spiro atoms. The maximum Gasteiger partial charge on any atom is 0.336 e. The van der Waals surface area contributed by atoms with Gasteiger partial charge in [-0.3, -0.25) is 4.79 Å². The van der Waals surface area contributed by atoms with Gasteiger partial charge in [0.2, 0.25) is 0 Å². The van der Waals surface area contributed by atoms with Crippen LogP contribution >= 0.6 is 11.6 Å². The summed E-state index contributed by atoms with van der Waals surface area (Å²) in [5.74, 6) is -0.841. The molecular formula is C19H21ClN2O5. The van der Waals surface area contributed by atoms with Crippen molar-refractivity contribution >= 4 is 34.6 Å². The minimum absolute atomic E-state index is 0.0736. The molecule has 8 heteroatoms. The lowest BCUT2D eigenvalue weighted by Crippen LogP contribution is -2.45. The Balaban J connectivity index is 1.78. The summed E-state index contributed by atoms with van der Waals surface area (Å²) in [4.78, 5) is 37.0. The highest BCUT2D eigenvalue weighted by molar-refractivity contribution is 6.32. The average molecular weight is 393 g/mol. The van der Waals surface area contributed by atoms with E-state index in [4.69, 9.17) is 26.5 Å². The van der Waals surface area contributed by atoms with Gasteiger partial charge in [0.1, 0.15) is 12.2 Å². The molecule has 1 aliphatic heterocycles. The number of benzene rings is 1. The molecule has 7 nitrogen and oxygen atoms in total. The highest BCUT2D eigenvalue weighted by atomic mass is 35.5. The summed E-state index contributed by atoms with van der Waals surface area (Å²) in [6, 6.07) is 4.21. The minimum atomic E-state index is -0.541. The SMILES string of the molecule is CCc1cc2oc(=O)cc(COC(=O)[C@H]3CCCN(C(N)=O)C3)c2cc1Cl. The summed E-state index contributed by atoms with van der Waals surface area (Å²) in [5, 5.41) is 1.20. The number of esters is 1. The van der Waals surface area contributed by atoms with E-state index in [-0.39, 0.29) is 13.2 Å². The van der Waals surface area contributed by atoms with Gasteiger partial charge in [0, 0.05) is 35.1 Å². The number of carbonyl (C=O) groups excluding carboxylic acids is 2. The lowest BCUT2D eigenvalue weighted by atomic mass is 9.98. The summed E-state index contributed by atoms with van der Waals surface area (Å²) in [7, 11) is 0. The van der Waals surface area contributed by atoms with Gasteiger partial charge in [-0.25, -0.2) is 9.59 Å². The van der Waals surface area contributed by atoms with Crippen LogP contribution < -0.4 is 11.4 Å². The third-order valence-corrected chi connectivity index (χ3v) is 5.17. The number of fused-ring (bicyclic) bond motifs is 1. The average Bonchev–Trinajstić information content (AvgIpc) is 2.65. The zero-order valence-corrected chi connectivity index (χ0v) is 15.8. The Kier molecular flexibility index (Phi) is 5.70. The van der Waals surface area contributed by atoms with Crippen molar-refractivity contribution in [2.45, 2.75) is 32.8 Å². The highest BCUT2D eigenvalue weighted by Gasteiger charge is 2.28. The molecule has 1 saturated heterocycles. The Hall–Kier alpha value is -2.54. The van der Waals surface area contributed by atoms with Crippen molar-refractivity contribution in [1.29, 1.82) is 0 Å². The molecule has 2 heterocycles. The number of piperidine rings is 1. The molecule has 0 unspecified atom stereocenters. The Morgan fingerprint density at radius 1 is 1.33 bits per heavy atom. The van der Waals surface area contributed by atoms with Crippen LogP contribution in [-0.2, 0) is 22.6 Å². The fourth-order valence-corrected chi connectivity index (χ4v) is 3.61. The predicted molar refractivity (Wildman–Crippen MR) is 101 cm³/mol. The van der Waals surface area contributed by atoms with Crippen molar-refractivity contribution in [2.75, 3.05) is 13.1 Å². The molecule has 0 saturated carbocycles. The van der Waals surface area contributed by atoms with Gasteiger partial charge in [0.25, 0.3) is 0 Å². The maximum atomic E-state index is 12.4. The highest BCUT2D eigenvalue weighted by Crippen LogP contribution is 2.27. The number of rotatable bonds is 4. The molecule has 2 N–H and O–H groups in total. The van der Waals surface area contributed by atoms with Crippen LogP contribution in [0.3, 0.4) is 0 Å². The number of likely N-dealkylation sites (tertiary alicyclic amines) is 1. The number of ether oxygens (including phenoxy) is 1. The summed E-state index contributed by atoms with van der Waals surface area (Å²) in [6.07, 6.45) is 2.03. The molecule has 27 heavy (non-hydrogen) atoms. The van der Waals surface area contributed by atoms with Crippen molar-refractivity contribution < 1.29 is 18.7 Å². The fourth-order valence-electron chi connectivity index (χ4n) is 3.32. The van der Waals surface area contributed by atoms with Crippen LogP contribution in [0.1, 0.15) is 30.9 Å². The molecule has 0 aliphatic carbocycles. The Bertz CT molecular complexity index is 940. The van der Waals surface area contributed by atoms with Crippen molar-refractivity contribution in [3.8, 4) is 0 Å². The summed E-state index contributed by atoms with van der Waals surface area (Å²) in [5.41, 5.74) is 6.58. The Labute approximate surface area is 161 Å². The van der Waals surface area contributed by atoms with E-state index >= 15 is 0 Å². The zero-order valence-electron chi connectivity index (χ0n) is 15.0. The van der Waals surface area contributed by atoms with Crippen LogP contribution in [0, 0.1) is 5.92 Å². The van der Waals surface area contributed by atoms with Crippen LogP contribution in [0.5, 0.6) is 0 Å². The minimum Gasteiger partial charge on any atom is -0.461 e. The van der Waals surface area contributed by atoms with E-state index in [9.17, 15) is 14.4 Å². The van der Waals surface area contributed by atoms with E-state index in [1.54, 1.807) is 12.1 Å². The normalized spacial score (nSPS) is 17.1. The molecule has 1 atom stereocenters. The quantitative estimate of drug-likeness (QED) is 0.636. The van der Waals surface area contributed by atoms with Gasteiger partial charge in [-0.15, -0.1) is 0 Å². The number of aryl methyl sites for hydroxylation is 1. The van der Waals surface area contributed by atoms with Crippen molar-refractivity contribution in [2.24, 2.45) is 11.7 Å². The molecule has 144 valence electrons. The smallest absolute Gasteiger partial charge is 0.336 e. The van der Waals surface area contributed by atoms with Gasteiger partial charge < -0.3 is 19.8 Å². The maximum absolute atomic E-state index is 12.4. The topological polar surface area (TPSA) is 103 Å². The molecule has 0 bridgehead atoms. The van der Waals surface area contributed by atoms with Gasteiger partial charge >= 0.3 is 17.6 Å². The van der Waals surface area contributed by atoms with Crippen LogP contribution in [0.4, 0.5) is 4.79 Å². The number of amides is 2. The van der Waals surface area contributed by atoms with Crippen molar-refractivity contribution in [3.05, 3.63) is 44.8 Å². The first kappa shape index (κ1) is 19.2. The molecule has 1 aliphatic rings. The number of nitrogens with two attached hydrogens (primary N) is 1. The molecular weight excluding hydrogens is 372 g/mol. The molecule has 1 aromatic heterocycles. The second-order valence-corrected chi connectivity index (χ2v) is 7.02. The van der Waals surface area contributed by atoms with E-state index in [0.717, 1.165) is 5.56 Å². The monoisotopic (exact) mass is 392 g/mol. The Morgan fingerprint density at radius 2 is 2.11 bits per heavy atom. The van der Waals surface area contributed by atoms with E-state index in [2.05, 4.69) is 0 Å². The second kappa shape index (κ2) is 8.00. The number of carbonyl (C=O) groups is 2. The van der Waals surface area contributed by atoms with Crippen LogP contribution in [0.2, 0.25) is 5.02 Å². The lowest BCUT2D eigenvalue weighted by molar-refractivity contribution is -0.151. The second-order valence-electron chi connectivity index (χ2n) is 6.62. The van der Waals surface area contributed by atoms with Gasteiger partial charge in [-0.1, -0.05) is 18.5 Å². The summed E-state index contributed by atoms with van der Waals surface area (Å²) < 4.78 is 10.7. The first-order chi connectivity index (χ1) is 12.9.